The van der Waals surface area contributed by atoms with Crippen LogP contribution in [0.5, 0.6) is 5.75 Å². The van der Waals surface area contributed by atoms with Crippen molar-refractivity contribution in [3.8, 4) is 5.75 Å². The number of hydrogen-bond acceptors (Lipinski definition) is 2. The first-order valence-electron chi connectivity index (χ1n) is 7.95. The standard InChI is InChI=1S/C18H22O2/c1-18-9-8-14-13-5-3-12(19)10-11(13)2-4-15(14)16(18)6-7-17(18)20/h3,5,10,14-16,19H,2,4,6-9H2,1H3/t14-,15-,16?,18-/m0/s1. The van der Waals surface area contributed by atoms with Gasteiger partial charge in [0.25, 0.3) is 0 Å². The van der Waals surface area contributed by atoms with Crippen LogP contribution in [0.25, 0.3) is 0 Å². The molecule has 2 nitrogen and oxygen atoms in total. The lowest BCUT2D eigenvalue weighted by molar-refractivity contribution is -0.129. The maximum absolute atomic E-state index is 12.3. The number of ketones is 1. The monoisotopic (exact) mass is 270 g/mol. The zero-order chi connectivity index (χ0) is 13.9. The maximum atomic E-state index is 12.3. The van der Waals surface area contributed by atoms with Crippen LogP contribution in [0.1, 0.15) is 56.1 Å². The highest BCUT2D eigenvalue weighted by Gasteiger charge is 2.54. The summed E-state index contributed by atoms with van der Waals surface area (Å²) >= 11 is 0. The fraction of sp³-hybridized carbons (Fsp3) is 0.611. The van der Waals surface area contributed by atoms with Gasteiger partial charge in [-0.25, -0.2) is 0 Å². The van der Waals surface area contributed by atoms with Crippen LogP contribution in [0.2, 0.25) is 0 Å². The summed E-state index contributed by atoms with van der Waals surface area (Å²) in [4.78, 5) is 12.3. The molecule has 4 rings (SSSR count). The molecule has 3 aliphatic rings. The predicted molar refractivity (Wildman–Crippen MR) is 77.7 cm³/mol. The molecule has 2 saturated carbocycles. The third-order valence-corrected chi connectivity index (χ3v) is 6.42. The normalized spacial score (nSPS) is 39.0. The topological polar surface area (TPSA) is 37.3 Å². The number of phenolic OH excluding ortho intramolecular Hbond substituents is 1. The molecule has 20 heavy (non-hydrogen) atoms. The molecular formula is C18H22O2. The highest BCUT2D eigenvalue weighted by Crippen LogP contribution is 2.59. The van der Waals surface area contributed by atoms with E-state index in [1.54, 1.807) is 0 Å². The van der Waals surface area contributed by atoms with Crippen LogP contribution in [0.4, 0.5) is 0 Å². The molecule has 0 saturated heterocycles. The summed E-state index contributed by atoms with van der Waals surface area (Å²) in [6.07, 6.45) is 6.34. The van der Waals surface area contributed by atoms with Gasteiger partial charge in [-0.1, -0.05) is 13.0 Å². The van der Waals surface area contributed by atoms with Gasteiger partial charge in [0, 0.05) is 11.8 Å². The Morgan fingerprint density at radius 2 is 2.05 bits per heavy atom. The summed E-state index contributed by atoms with van der Waals surface area (Å²) in [5, 5.41) is 9.67. The van der Waals surface area contributed by atoms with Gasteiger partial charge in [-0.15, -0.1) is 0 Å². The van der Waals surface area contributed by atoms with Crippen LogP contribution in [0.15, 0.2) is 18.2 Å². The largest absolute Gasteiger partial charge is 0.508 e. The van der Waals surface area contributed by atoms with E-state index >= 15 is 0 Å². The molecule has 0 heterocycles. The van der Waals surface area contributed by atoms with Crippen molar-refractivity contribution >= 4 is 5.78 Å². The van der Waals surface area contributed by atoms with E-state index in [1.165, 1.54) is 17.5 Å². The van der Waals surface area contributed by atoms with Crippen molar-refractivity contribution in [2.75, 3.05) is 0 Å². The predicted octanol–water partition coefficient (Wildman–Crippen LogP) is 3.82. The van der Waals surface area contributed by atoms with Crippen molar-refractivity contribution < 1.29 is 9.90 Å². The first-order chi connectivity index (χ1) is 9.59. The van der Waals surface area contributed by atoms with Crippen molar-refractivity contribution in [3.63, 3.8) is 0 Å². The SMILES string of the molecule is C[C@]12CC[C@H]3c4ccc(O)cc4CC[C@@H]3C1CCC2=O. The zero-order valence-corrected chi connectivity index (χ0v) is 12.1. The minimum absolute atomic E-state index is 0.0322. The van der Waals surface area contributed by atoms with E-state index < -0.39 is 0 Å². The van der Waals surface area contributed by atoms with E-state index in [9.17, 15) is 9.90 Å². The lowest BCUT2D eigenvalue weighted by Gasteiger charge is -2.48. The van der Waals surface area contributed by atoms with Gasteiger partial charge in [-0.2, -0.15) is 0 Å². The number of fused-ring (bicyclic) bond motifs is 5. The summed E-state index contributed by atoms with van der Waals surface area (Å²) in [5.74, 6) is 2.78. The molecule has 2 fully saturated rings. The molecule has 4 atom stereocenters. The minimum Gasteiger partial charge on any atom is -0.508 e. The number of benzene rings is 1. The van der Waals surface area contributed by atoms with Crippen LogP contribution >= 0.6 is 0 Å². The van der Waals surface area contributed by atoms with Gasteiger partial charge in [0.1, 0.15) is 11.5 Å². The second-order valence-corrected chi connectivity index (χ2v) is 7.22. The number of aryl methyl sites for hydroxylation is 1. The molecule has 2 heteroatoms. The van der Waals surface area contributed by atoms with Gasteiger partial charge in [0.15, 0.2) is 0 Å². The van der Waals surface area contributed by atoms with Crippen LogP contribution in [0, 0.1) is 17.3 Å². The molecule has 0 radical (unpaired) electrons. The third kappa shape index (κ3) is 1.54. The molecule has 0 aromatic heterocycles. The first-order valence-corrected chi connectivity index (χ1v) is 7.95. The number of phenols is 1. The molecule has 0 bridgehead atoms. The van der Waals surface area contributed by atoms with E-state index in [0.717, 1.165) is 32.1 Å². The van der Waals surface area contributed by atoms with Crippen molar-refractivity contribution in [3.05, 3.63) is 29.3 Å². The van der Waals surface area contributed by atoms with Crippen LogP contribution in [0.3, 0.4) is 0 Å². The third-order valence-electron chi connectivity index (χ3n) is 6.42. The summed E-state index contributed by atoms with van der Waals surface area (Å²) in [7, 11) is 0. The van der Waals surface area contributed by atoms with Crippen molar-refractivity contribution in [2.45, 2.75) is 51.4 Å². The molecule has 3 aliphatic carbocycles. The fourth-order valence-electron chi connectivity index (χ4n) is 5.34. The average Bonchev–Trinajstić information content (AvgIpc) is 2.74. The van der Waals surface area contributed by atoms with Gasteiger partial charge in [-0.3, -0.25) is 4.79 Å². The Bertz CT molecular complexity index is 577. The Labute approximate surface area is 120 Å². The van der Waals surface area contributed by atoms with Gasteiger partial charge < -0.3 is 5.11 Å². The van der Waals surface area contributed by atoms with Crippen LogP contribution < -0.4 is 0 Å². The van der Waals surface area contributed by atoms with Gasteiger partial charge in [0.2, 0.25) is 0 Å². The fourth-order valence-corrected chi connectivity index (χ4v) is 5.34. The number of Topliss-reactive ketones (excluding diaryl/α,β-unsaturated/α-hetero) is 1. The molecule has 0 aliphatic heterocycles. The minimum atomic E-state index is -0.0322. The molecular weight excluding hydrogens is 248 g/mol. The Morgan fingerprint density at radius 3 is 2.90 bits per heavy atom. The van der Waals surface area contributed by atoms with E-state index in [-0.39, 0.29) is 5.41 Å². The first kappa shape index (κ1) is 12.4. The number of hydrogen-bond donors (Lipinski definition) is 1. The Hall–Kier alpha value is -1.31. The number of carbonyl (C=O) groups is 1. The zero-order valence-electron chi connectivity index (χ0n) is 12.1. The lowest BCUT2D eigenvalue weighted by Crippen LogP contribution is -2.42. The molecule has 106 valence electrons. The molecule has 1 aromatic rings. The summed E-state index contributed by atoms with van der Waals surface area (Å²) in [5.41, 5.74) is 2.75. The number of rotatable bonds is 0. The Morgan fingerprint density at radius 1 is 1.20 bits per heavy atom. The molecule has 1 N–H and O–H groups in total. The van der Waals surface area contributed by atoms with Crippen molar-refractivity contribution in [1.29, 1.82) is 0 Å². The number of aromatic hydroxyl groups is 1. The average molecular weight is 270 g/mol. The summed E-state index contributed by atoms with van der Waals surface area (Å²) < 4.78 is 0. The lowest BCUT2D eigenvalue weighted by atomic mass is 9.55. The quantitative estimate of drug-likeness (QED) is 0.778. The number of carbonyl (C=O) groups excluding carboxylic acids is 1. The van der Waals surface area contributed by atoms with Gasteiger partial charge in [0.05, 0.1) is 0 Å². The van der Waals surface area contributed by atoms with E-state index in [2.05, 4.69) is 13.0 Å². The van der Waals surface area contributed by atoms with E-state index in [4.69, 9.17) is 0 Å². The molecule has 0 spiro atoms. The Kier molecular flexibility index (Phi) is 2.55. The highest BCUT2D eigenvalue weighted by atomic mass is 16.3. The van der Waals surface area contributed by atoms with Gasteiger partial charge >= 0.3 is 0 Å². The molecule has 0 amide bonds. The second-order valence-electron chi connectivity index (χ2n) is 7.22. The van der Waals surface area contributed by atoms with Crippen LogP contribution in [-0.4, -0.2) is 10.9 Å². The van der Waals surface area contributed by atoms with E-state index in [0.29, 0.717) is 29.3 Å². The second kappa shape index (κ2) is 4.09. The smallest absolute Gasteiger partial charge is 0.139 e. The van der Waals surface area contributed by atoms with Crippen molar-refractivity contribution in [2.24, 2.45) is 17.3 Å². The summed E-state index contributed by atoms with van der Waals surface area (Å²) in [6, 6.07) is 5.90. The van der Waals surface area contributed by atoms with Gasteiger partial charge in [-0.05, 0) is 73.1 Å². The van der Waals surface area contributed by atoms with E-state index in [1.807, 2.05) is 12.1 Å². The Balaban J connectivity index is 1.73. The molecule has 1 aromatic carbocycles. The molecule has 1 unspecified atom stereocenters. The summed E-state index contributed by atoms with van der Waals surface area (Å²) in [6.45, 7) is 2.22. The highest BCUT2D eigenvalue weighted by molar-refractivity contribution is 5.87. The van der Waals surface area contributed by atoms with Crippen molar-refractivity contribution in [1.82, 2.24) is 0 Å². The van der Waals surface area contributed by atoms with Crippen LogP contribution in [-0.2, 0) is 11.2 Å². The maximum Gasteiger partial charge on any atom is 0.139 e.